The standard InChI is InChI=1S/C13H18F3N3O/c1-18-12(20)9-4-5-11(10(17)8-9)19-7-3-2-6-13(14,15)16/h4-5,8,19H,2-3,6-7,17H2,1H3,(H,18,20). The first kappa shape index (κ1) is 16.1. The fraction of sp³-hybridized carbons (Fsp3) is 0.462. The van der Waals surface area contributed by atoms with Crippen LogP contribution in [0.1, 0.15) is 29.6 Å². The number of nitrogen functional groups attached to an aromatic ring is 1. The molecule has 0 aliphatic rings. The van der Waals surface area contributed by atoms with E-state index in [9.17, 15) is 18.0 Å². The Morgan fingerprint density at radius 2 is 2.00 bits per heavy atom. The fourth-order valence-corrected chi connectivity index (χ4v) is 1.68. The largest absolute Gasteiger partial charge is 0.397 e. The third kappa shape index (κ3) is 5.38. The lowest BCUT2D eigenvalue weighted by molar-refractivity contribution is -0.135. The quantitative estimate of drug-likeness (QED) is 0.557. The number of unbranched alkanes of at least 4 members (excludes halogenated alkanes) is 1. The van der Waals surface area contributed by atoms with Gasteiger partial charge in [-0.3, -0.25) is 4.79 Å². The molecule has 1 aromatic rings. The third-order valence-electron chi connectivity index (χ3n) is 2.74. The van der Waals surface area contributed by atoms with Crippen LogP contribution in [0.25, 0.3) is 0 Å². The number of amides is 1. The van der Waals surface area contributed by atoms with Gasteiger partial charge in [-0.05, 0) is 31.0 Å². The predicted molar refractivity (Wildman–Crippen MR) is 72.6 cm³/mol. The van der Waals surface area contributed by atoms with Crippen LogP contribution in [0.5, 0.6) is 0 Å². The first-order chi connectivity index (χ1) is 9.33. The van der Waals surface area contributed by atoms with Gasteiger partial charge in [0, 0.05) is 25.6 Å². The monoisotopic (exact) mass is 289 g/mol. The molecule has 0 fully saturated rings. The van der Waals surface area contributed by atoms with E-state index in [1.54, 1.807) is 12.1 Å². The van der Waals surface area contributed by atoms with Crippen molar-refractivity contribution in [3.8, 4) is 0 Å². The summed E-state index contributed by atoms with van der Waals surface area (Å²) < 4.78 is 35.8. The lowest BCUT2D eigenvalue weighted by atomic mass is 10.1. The molecule has 0 saturated carbocycles. The predicted octanol–water partition coefficient (Wildman–Crippen LogP) is 2.77. The van der Waals surface area contributed by atoms with E-state index in [0.717, 1.165) is 0 Å². The van der Waals surface area contributed by atoms with Crippen molar-refractivity contribution in [2.45, 2.75) is 25.4 Å². The molecule has 1 aromatic carbocycles. The Bertz CT molecular complexity index is 461. The molecule has 0 aliphatic heterocycles. The van der Waals surface area contributed by atoms with Crippen molar-refractivity contribution in [3.63, 3.8) is 0 Å². The number of hydrogen-bond acceptors (Lipinski definition) is 3. The SMILES string of the molecule is CNC(=O)c1ccc(NCCCCC(F)(F)F)c(N)c1. The van der Waals surface area contributed by atoms with Crippen molar-refractivity contribution in [1.82, 2.24) is 5.32 Å². The van der Waals surface area contributed by atoms with Crippen molar-refractivity contribution in [3.05, 3.63) is 23.8 Å². The minimum atomic E-state index is -4.10. The van der Waals surface area contributed by atoms with Gasteiger partial charge in [0.1, 0.15) is 0 Å². The average molecular weight is 289 g/mol. The van der Waals surface area contributed by atoms with Crippen molar-refractivity contribution in [2.24, 2.45) is 0 Å². The molecule has 7 heteroatoms. The molecule has 0 atom stereocenters. The molecule has 0 saturated heterocycles. The van der Waals surface area contributed by atoms with E-state index in [0.29, 0.717) is 29.9 Å². The first-order valence-corrected chi connectivity index (χ1v) is 6.25. The summed E-state index contributed by atoms with van der Waals surface area (Å²) in [5.41, 5.74) is 7.22. The van der Waals surface area contributed by atoms with Crippen LogP contribution in [0.2, 0.25) is 0 Å². The summed E-state index contributed by atoms with van der Waals surface area (Å²) in [5, 5.41) is 5.44. The van der Waals surface area contributed by atoms with Gasteiger partial charge in [-0.1, -0.05) is 0 Å². The van der Waals surface area contributed by atoms with Crippen LogP contribution in [-0.4, -0.2) is 25.7 Å². The number of rotatable bonds is 6. The van der Waals surface area contributed by atoms with Crippen LogP contribution in [0.15, 0.2) is 18.2 Å². The van der Waals surface area contributed by atoms with Gasteiger partial charge in [0.15, 0.2) is 0 Å². The average Bonchev–Trinajstić information content (AvgIpc) is 2.37. The summed E-state index contributed by atoms with van der Waals surface area (Å²) >= 11 is 0. The van der Waals surface area contributed by atoms with Gasteiger partial charge in [0.05, 0.1) is 11.4 Å². The first-order valence-electron chi connectivity index (χ1n) is 6.25. The molecule has 0 unspecified atom stereocenters. The zero-order chi connectivity index (χ0) is 15.2. The van der Waals surface area contributed by atoms with Crippen LogP contribution in [-0.2, 0) is 0 Å². The van der Waals surface area contributed by atoms with E-state index < -0.39 is 12.6 Å². The van der Waals surface area contributed by atoms with Crippen molar-refractivity contribution in [2.75, 3.05) is 24.6 Å². The normalized spacial score (nSPS) is 11.2. The summed E-state index contributed by atoms with van der Waals surface area (Å²) in [6, 6.07) is 4.77. The van der Waals surface area contributed by atoms with Gasteiger partial charge in [-0.15, -0.1) is 0 Å². The van der Waals surface area contributed by atoms with Crippen LogP contribution >= 0.6 is 0 Å². The van der Waals surface area contributed by atoms with E-state index >= 15 is 0 Å². The van der Waals surface area contributed by atoms with Crippen molar-refractivity contribution < 1.29 is 18.0 Å². The van der Waals surface area contributed by atoms with E-state index in [1.807, 2.05) is 0 Å². The van der Waals surface area contributed by atoms with Gasteiger partial charge >= 0.3 is 6.18 Å². The van der Waals surface area contributed by atoms with Gasteiger partial charge in [0.2, 0.25) is 0 Å². The summed E-state index contributed by atoms with van der Waals surface area (Å²) in [6.45, 7) is 0.402. The number of benzene rings is 1. The van der Waals surface area contributed by atoms with Crippen LogP contribution < -0.4 is 16.4 Å². The maximum Gasteiger partial charge on any atom is 0.389 e. The van der Waals surface area contributed by atoms with Crippen molar-refractivity contribution >= 4 is 17.3 Å². The van der Waals surface area contributed by atoms with E-state index in [4.69, 9.17) is 5.73 Å². The number of nitrogens with one attached hydrogen (secondary N) is 2. The Labute approximate surface area is 115 Å². The molecule has 0 heterocycles. The number of nitrogens with two attached hydrogens (primary N) is 1. The Hall–Kier alpha value is -1.92. The Balaban J connectivity index is 2.43. The maximum absolute atomic E-state index is 11.9. The molecule has 112 valence electrons. The second kappa shape index (κ2) is 7.02. The summed E-state index contributed by atoms with van der Waals surface area (Å²) in [5.74, 6) is -0.242. The zero-order valence-corrected chi connectivity index (χ0v) is 11.2. The Kier molecular flexibility index (Phi) is 5.66. The maximum atomic E-state index is 11.9. The van der Waals surface area contributed by atoms with Gasteiger partial charge in [-0.2, -0.15) is 13.2 Å². The van der Waals surface area contributed by atoms with Crippen LogP contribution in [0, 0.1) is 0 Å². The second-order valence-electron chi connectivity index (χ2n) is 4.38. The minimum absolute atomic E-state index is 0.0761. The fourth-order valence-electron chi connectivity index (χ4n) is 1.68. The topological polar surface area (TPSA) is 67.2 Å². The molecule has 0 spiro atoms. The highest BCUT2D eigenvalue weighted by molar-refractivity contribution is 5.95. The summed E-state index contributed by atoms with van der Waals surface area (Å²) in [7, 11) is 1.52. The highest BCUT2D eigenvalue weighted by Crippen LogP contribution is 2.23. The van der Waals surface area contributed by atoms with E-state index in [-0.39, 0.29) is 12.3 Å². The number of carbonyl (C=O) groups is 1. The number of carbonyl (C=O) groups excluding carboxylic acids is 1. The van der Waals surface area contributed by atoms with E-state index in [2.05, 4.69) is 10.6 Å². The Morgan fingerprint density at radius 1 is 1.30 bits per heavy atom. The molecule has 1 amide bonds. The second-order valence-corrected chi connectivity index (χ2v) is 4.38. The molecular weight excluding hydrogens is 271 g/mol. The molecule has 0 aliphatic carbocycles. The molecule has 4 N–H and O–H groups in total. The van der Waals surface area contributed by atoms with Crippen LogP contribution in [0.3, 0.4) is 0 Å². The molecule has 4 nitrogen and oxygen atoms in total. The molecule has 20 heavy (non-hydrogen) atoms. The number of hydrogen-bond donors (Lipinski definition) is 3. The lowest BCUT2D eigenvalue weighted by Gasteiger charge is -2.11. The van der Waals surface area contributed by atoms with Crippen molar-refractivity contribution in [1.29, 1.82) is 0 Å². The number of alkyl halides is 3. The molecule has 0 aromatic heterocycles. The third-order valence-corrected chi connectivity index (χ3v) is 2.74. The van der Waals surface area contributed by atoms with Gasteiger partial charge < -0.3 is 16.4 Å². The zero-order valence-electron chi connectivity index (χ0n) is 11.2. The molecular formula is C13H18F3N3O. The summed E-state index contributed by atoms with van der Waals surface area (Å²) in [4.78, 5) is 11.4. The summed E-state index contributed by atoms with van der Waals surface area (Å²) in [6.07, 6.45) is -4.41. The van der Waals surface area contributed by atoms with Gasteiger partial charge in [-0.25, -0.2) is 0 Å². The molecule has 1 rings (SSSR count). The molecule has 0 radical (unpaired) electrons. The van der Waals surface area contributed by atoms with E-state index in [1.165, 1.54) is 13.1 Å². The minimum Gasteiger partial charge on any atom is -0.397 e. The highest BCUT2D eigenvalue weighted by Gasteiger charge is 2.25. The molecule has 0 bridgehead atoms. The Morgan fingerprint density at radius 3 is 2.55 bits per heavy atom. The highest BCUT2D eigenvalue weighted by atomic mass is 19.4. The lowest BCUT2D eigenvalue weighted by Crippen LogP contribution is -2.18. The van der Waals surface area contributed by atoms with Gasteiger partial charge in [0.25, 0.3) is 5.91 Å². The smallest absolute Gasteiger partial charge is 0.389 e. The number of halogens is 3. The van der Waals surface area contributed by atoms with Crippen LogP contribution in [0.4, 0.5) is 24.5 Å². The number of anilines is 2.